The van der Waals surface area contributed by atoms with E-state index < -0.39 is 0 Å². The highest BCUT2D eigenvalue weighted by Crippen LogP contribution is 2.38. The summed E-state index contributed by atoms with van der Waals surface area (Å²) in [6.07, 6.45) is 1.98. The quantitative estimate of drug-likeness (QED) is 0.671. The van der Waals surface area contributed by atoms with Gasteiger partial charge in [0.2, 0.25) is 0 Å². The molecule has 3 rings (SSSR count). The average Bonchev–Trinajstić information content (AvgIpc) is 3.01. The lowest BCUT2D eigenvalue weighted by Crippen LogP contribution is -2.44. The zero-order chi connectivity index (χ0) is 13.2. The van der Waals surface area contributed by atoms with Crippen LogP contribution in [0.3, 0.4) is 0 Å². The van der Waals surface area contributed by atoms with E-state index in [1.54, 1.807) is 11.3 Å². The van der Waals surface area contributed by atoms with Crippen molar-refractivity contribution in [3.63, 3.8) is 0 Å². The van der Waals surface area contributed by atoms with E-state index in [1.807, 2.05) is 18.7 Å². The maximum Gasteiger partial charge on any atom is 0.0897 e. The lowest BCUT2D eigenvalue weighted by atomic mass is 10.0. The van der Waals surface area contributed by atoms with Gasteiger partial charge in [-0.2, -0.15) is 0 Å². The van der Waals surface area contributed by atoms with Crippen LogP contribution in [-0.2, 0) is 12.8 Å². The second kappa shape index (κ2) is 5.63. The molecule has 0 aliphatic carbocycles. The SMILES string of the molecule is Cc1nc(CC(NN)C2Cc3ccccc3S2)cs1. The fourth-order valence-electron chi connectivity index (χ4n) is 2.46. The molecule has 100 valence electrons. The van der Waals surface area contributed by atoms with Gasteiger partial charge in [-0.25, -0.2) is 4.98 Å². The molecule has 2 unspecified atom stereocenters. The maximum atomic E-state index is 5.75. The van der Waals surface area contributed by atoms with Crippen LogP contribution in [0.25, 0.3) is 0 Å². The Morgan fingerprint density at radius 1 is 1.47 bits per heavy atom. The van der Waals surface area contributed by atoms with Crippen molar-refractivity contribution in [2.45, 2.75) is 36.0 Å². The van der Waals surface area contributed by atoms with Crippen LogP contribution in [-0.4, -0.2) is 16.3 Å². The van der Waals surface area contributed by atoms with Crippen molar-refractivity contribution in [2.75, 3.05) is 0 Å². The van der Waals surface area contributed by atoms with E-state index in [0.717, 1.165) is 23.5 Å². The van der Waals surface area contributed by atoms with Crippen molar-refractivity contribution in [1.29, 1.82) is 0 Å². The monoisotopic (exact) mass is 291 g/mol. The first-order chi connectivity index (χ1) is 9.26. The predicted molar refractivity (Wildman–Crippen MR) is 81.5 cm³/mol. The number of thiazole rings is 1. The summed E-state index contributed by atoms with van der Waals surface area (Å²) in [6.45, 7) is 2.04. The summed E-state index contributed by atoms with van der Waals surface area (Å²) in [6, 6.07) is 8.88. The Morgan fingerprint density at radius 2 is 2.32 bits per heavy atom. The van der Waals surface area contributed by atoms with Gasteiger partial charge in [-0.15, -0.1) is 23.1 Å². The highest BCUT2D eigenvalue weighted by atomic mass is 32.2. The maximum absolute atomic E-state index is 5.75. The Bertz CT molecular complexity index is 542. The van der Waals surface area contributed by atoms with Gasteiger partial charge >= 0.3 is 0 Å². The van der Waals surface area contributed by atoms with E-state index in [0.29, 0.717) is 5.25 Å². The molecule has 1 aromatic heterocycles. The molecule has 0 saturated carbocycles. The highest BCUT2D eigenvalue weighted by Gasteiger charge is 2.29. The minimum Gasteiger partial charge on any atom is -0.271 e. The first-order valence-corrected chi connectivity index (χ1v) is 8.14. The van der Waals surface area contributed by atoms with Crippen LogP contribution in [0.1, 0.15) is 16.3 Å². The van der Waals surface area contributed by atoms with Gasteiger partial charge in [-0.3, -0.25) is 11.3 Å². The molecule has 2 heterocycles. The Morgan fingerprint density at radius 3 is 3.00 bits per heavy atom. The lowest BCUT2D eigenvalue weighted by molar-refractivity contribution is 0.502. The third kappa shape index (κ3) is 2.84. The van der Waals surface area contributed by atoms with Crippen molar-refractivity contribution in [3.05, 3.63) is 45.9 Å². The van der Waals surface area contributed by atoms with Crippen molar-refractivity contribution >= 4 is 23.1 Å². The molecular weight excluding hydrogens is 274 g/mol. The summed E-state index contributed by atoms with van der Waals surface area (Å²) in [5.74, 6) is 5.75. The van der Waals surface area contributed by atoms with E-state index >= 15 is 0 Å². The van der Waals surface area contributed by atoms with Gasteiger partial charge in [0, 0.05) is 28.0 Å². The number of fused-ring (bicyclic) bond motifs is 1. The van der Waals surface area contributed by atoms with Crippen LogP contribution in [0, 0.1) is 6.92 Å². The van der Waals surface area contributed by atoms with Crippen LogP contribution < -0.4 is 11.3 Å². The number of nitrogens with zero attached hydrogens (tertiary/aromatic N) is 1. The standard InChI is InChI=1S/C14H17N3S2/c1-9-16-11(8-18-9)7-12(17-15)14-6-10-4-2-3-5-13(10)19-14/h2-5,8,12,14,17H,6-7,15H2,1H3. The number of nitrogens with two attached hydrogens (primary N) is 1. The minimum absolute atomic E-state index is 0.263. The molecule has 0 spiro atoms. The number of aryl methyl sites for hydroxylation is 1. The first-order valence-electron chi connectivity index (χ1n) is 6.38. The molecular formula is C14H17N3S2. The van der Waals surface area contributed by atoms with Crippen LogP contribution >= 0.6 is 23.1 Å². The van der Waals surface area contributed by atoms with Gasteiger partial charge in [0.05, 0.1) is 10.7 Å². The number of rotatable bonds is 4. The minimum atomic E-state index is 0.263. The van der Waals surface area contributed by atoms with Gasteiger partial charge in [-0.1, -0.05) is 18.2 Å². The molecule has 1 aliphatic rings. The topological polar surface area (TPSA) is 50.9 Å². The zero-order valence-electron chi connectivity index (χ0n) is 10.8. The molecule has 2 aromatic rings. The Balaban J connectivity index is 1.71. The summed E-state index contributed by atoms with van der Waals surface area (Å²) in [4.78, 5) is 5.92. The summed E-state index contributed by atoms with van der Waals surface area (Å²) in [5.41, 5.74) is 5.56. The third-order valence-corrected chi connectivity index (χ3v) is 5.70. The van der Waals surface area contributed by atoms with Crippen molar-refractivity contribution in [3.8, 4) is 0 Å². The number of thioether (sulfide) groups is 1. The van der Waals surface area contributed by atoms with E-state index in [9.17, 15) is 0 Å². The second-order valence-corrected chi connectivity index (χ2v) is 7.15. The largest absolute Gasteiger partial charge is 0.271 e. The number of aromatic nitrogens is 1. The van der Waals surface area contributed by atoms with Gasteiger partial charge in [0.15, 0.2) is 0 Å². The lowest BCUT2D eigenvalue weighted by Gasteiger charge is -2.20. The molecule has 3 nitrogen and oxygen atoms in total. The molecule has 0 bridgehead atoms. The summed E-state index contributed by atoms with van der Waals surface area (Å²) in [7, 11) is 0. The molecule has 1 aromatic carbocycles. The molecule has 3 N–H and O–H groups in total. The number of benzene rings is 1. The molecule has 2 atom stereocenters. The molecule has 0 fully saturated rings. The summed E-state index contributed by atoms with van der Waals surface area (Å²) >= 11 is 3.63. The van der Waals surface area contributed by atoms with Crippen LogP contribution in [0.2, 0.25) is 0 Å². The van der Waals surface area contributed by atoms with E-state index in [2.05, 4.69) is 40.1 Å². The fraction of sp³-hybridized carbons (Fsp3) is 0.357. The second-order valence-electron chi connectivity index (χ2n) is 4.80. The summed E-state index contributed by atoms with van der Waals surface area (Å²) in [5, 5.41) is 3.74. The number of hydrazine groups is 1. The molecule has 1 aliphatic heterocycles. The highest BCUT2D eigenvalue weighted by molar-refractivity contribution is 8.00. The predicted octanol–water partition coefficient (Wildman–Crippen LogP) is 2.54. The third-order valence-electron chi connectivity index (χ3n) is 3.43. The molecule has 0 saturated heterocycles. The van der Waals surface area contributed by atoms with Gasteiger partial charge in [0.25, 0.3) is 0 Å². The molecule has 0 amide bonds. The first kappa shape index (κ1) is 13.1. The Labute approximate surface area is 121 Å². The van der Waals surface area contributed by atoms with Gasteiger partial charge < -0.3 is 0 Å². The number of hydrogen-bond acceptors (Lipinski definition) is 5. The van der Waals surface area contributed by atoms with Gasteiger partial charge in [0.1, 0.15) is 0 Å². The molecule has 19 heavy (non-hydrogen) atoms. The van der Waals surface area contributed by atoms with E-state index in [1.165, 1.54) is 10.5 Å². The summed E-state index contributed by atoms with van der Waals surface area (Å²) < 4.78 is 0. The van der Waals surface area contributed by atoms with Gasteiger partial charge in [-0.05, 0) is 25.0 Å². The van der Waals surface area contributed by atoms with Crippen molar-refractivity contribution < 1.29 is 0 Å². The van der Waals surface area contributed by atoms with Crippen molar-refractivity contribution in [1.82, 2.24) is 10.4 Å². The van der Waals surface area contributed by atoms with E-state index in [4.69, 9.17) is 5.84 Å². The average molecular weight is 291 g/mol. The Kier molecular flexibility index (Phi) is 3.88. The van der Waals surface area contributed by atoms with Crippen LogP contribution in [0.5, 0.6) is 0 Å². The van der Waals surface area contributed by atoms with E-state index in [-0.39, 0.29) is 6.04 Å². The molecule has 0 radical (unpaired) electrons. The molecule has 5 heteroatoms. The van der Waals surface area contributed by atoms with Crippen LogP contribution in [0.15, 0.2) is 34.5 Å². The zero-order valence-corrected chi connectivity index (χ0v) is 12.4. The van der Waals surface area contributed by atoms with Crippen molar-refractivity contribution in [2.24, 2.45) is 5.84 Å². The Hall–Kier alpha value is -0.880. The normalized spacial score (nSPS) is 19.4. The number of nitrogens with one attached hydrogen (secondary N) is 1. The smallest absolute Gasteiger partial charge is 0.0897 e. The van der Waals surface area contributed by atoms with Crippen LogP contribution in [0.4, 0.5) is 0 Å². The fourth-order valence-corrected chi connectivity index (χ4v) is 4.47. The number of hydrogen-bond donors (Lipinski definition) is 2.